The van der Waals surface area contributed by atoms with E-state index in [-0.39, 0.29) is 24.7 Å². The van der Waals surface area contributed by atoms with Crippen LogP contribution in [0.25, 0.3) is 0 Å². The van der Waals surface area contributed by atoms with Gasteiger partial charge in [0.2, 0.25) is 5.91 Å². The largest absolute Gasteiger partial charge is 0.497 e. The molecule has 0 saturated carbocycles. The standard InChI is InChI=1S/C14H17N5O5/c1-22-9-4-5-11(23-2)10(6-9)15-13(20)8-19-17-12(16-18-19)7-14(21)24-3/h4-6H,7-8H2,1-3H3,(H,15,20). The number of methoxy groups -OCH3 is 3. The molecule has 0 atom stereocenters. The van der Waals surface area contributed by atoms with Crippen LogP contribution in [0, 0.1) is 0 Å². The highest BCUT2D eigenvalue weighted by Gasteiger charge is 2.13. The van der Waals surface area contributed by atoms with Gasteiger partial charge in [-0.1, -0.05) is 0 Å². The molecule has 0 aliphatic heterocycles. The van der Waals surface area contributed by atoms with Gasteiger partial charge < -0.3 is 19.5 Å². The first kappa shape index (κ1) is 17.2. The lowest BCUT2D eigenvalue weighted by atomic mass is 10.2. The van der Waals surface area contributed by atoms with E-state index in [0.717, 1.165) is 4.80 Å². The maximum Gasteiger partial charge on any atom is 0.313 e. The molecular weight excluding hydrogens is 318 g/mol. The van der Waals surface area contributed by atoms with E-state index < -0.39 is 5.97 Å². The van der Waals surface area contributed by atoms with Gasteiger partial charge in [0.15, 0.2) is 5.82 Å². The van der Waals surface area contributed by atoms with Crippen molar-refractivity contribution in [2.24, 2.45) is 0 Å². The lowest BCUT2D eigenvalue weighted by Gasteiger charge is -2.11. The summed E-state index contributed by atoms with van der Waals surface area (Å²) in [6.45, 7) is -0.172. The van der Waals surface area contributed by atoms with Crippen LogP contribution < -0.4 is 14.8 Å². The highest BCUT2D eigenvalue weighted by molar-refractivity contribution is 5.92. The van der Waals surface area contributed by atoms with Crippen LogP contribution in [-0.4, -0.2) is 53.4 Å². The second-order valence-corrected chi connectivity index (χ2v) is 4.60. The number of carbonyl (C=O) groups excluding carboxylic acids is 2. The van der Waals surface area contributed by atoms with Crippen molar-refractivity contribution >= 4 is 17.6 Å². The number of esters is 1. The van der Waals surface area contributed by atoms with Crippen LogP contribution in [0.4, 0.5) is 5.69 Å². The summed E-state index contributed by atoms with van der Waals surface area (Å²) in [5, 5.41) is 14.0. The number of tetrazole rings is 1. The SMILES string of the molecule is COC(=O)Cc1nnn(CC(=O)Nc2cc(OC)ccc2OC)n1. The Morgan fingerprint density at radius 3 is 2.67 bits per heavy atom. The summed E-state index contributed by atoms with van der Waals surface area (Å²) in [4.78, 5) is 24.3. The Morgan fingerprint density at radius 2 is 2.00 bits per heavy atom. The number of carbonyl (C=O) groups is 2. The van der Waals surface area contributed by atoms with Gasteiger partial charge in [0, 0.05) is 6.07 Å². The monoisotopic (exact) mass is 335 g/mol. The molecule has 0 saturated heterocycles. The molecule has 0 fully saturated rings. The van der Waals surface area contributed by atoms with Gasteiger partial charge in [0.05, 0.1) is 27.0 Å². The zero-order valence-corrected chi connectivity index (χ0v) is 13.5. The van der Waals surface area contributed by atoms with Crippen molar-refractivity contribution < 1.29 is 23.8 Å². The lowest BCUT2D eigenvalue weighted by molar-refractivity contribution is -0.139. The van der Waals surface area contributed by atoms with Gasteiger partial charge in [-0.2, -0.15) is 4.80 Å². The van der Waals surface area contributed by atoms with Crippen molar-refractivity contribution in [1.82, 2.24) is 20.2 Å². The second kappa shape index (κ2) is 7.90. The topological polar surface area (TPSA) is 117 Å². The van der Waals surface area contributed by atoms with Gasteiger partial charge in [-0.15, -0.1) is 10.2 Å². The molecule has 1 aromatic heterocycles. The molecule has 0 aliphatic carbocycles. The Labute approximate surface area is 137 Å². The van der Waals surface area contributed by atoms with Crippen LogP contribution in [0.5, 0.6) is 11.5 Å². The molecule has 128 valence electrons. The van der Waals surface area contributed by atoms with E-state index in [0.29, 0.717) is 17.2 Å². The molecule has 10 heteroatoms. The normalized spacial score (nSPS) is 10.1. The fraction of sp³-hybridized carbons (Fsp3) is 0.357. The van der Waals surface area contributed by atoms with E-state index >= 15 is 0 Å². The zero-order valence-electron chi connectivity index (χ0n) is 13.5. The fourth-order valence-electron chi connectivity index (χ4n) is 1.85. The summed E-state index contributed by atoms with van der Waals surface area (Å²) in [6, 6.07) is 5.03. The maximum atomic E-state index is 12.1. The average molecular weight is 335 g/mol. The van der Waals surface area contributed by atoms with E-state index in [2.05, 4.69) is 25.5 Å². The number of amides is 1. The molecule has 10 nitrogen and oxygen atoms in total. The Balaban J connectivity index is 2.02. The lowest BCUT2D eigenvalue weighted by Crippen LogP contribution is -2.21. The van der Waals surface area contributed by atoms with Crippen molar-refractivity contribution in [1.29, 1.82) is 0 Å². The molecule has 0 spiro atoms. The minimum atomic E-state index is -0.486. The number of nitrogens with one attached hydrogen (secondary N) is 1. The van der Waals surface area contributed by atoms with Crippen molar-refractivity contribution in [3.63, 3.8) is 0 Å². The zero-order chi connectivity index (χ0) is 17.5. The third-order valence-corrected chi connectivity index (χ3v) is 2.99. The van der Waals surface area contributed by atoms with Crippen LogP contribution in [0.15, 0.2) is 18.2 Å². The minimum absolute atomic E-state index is 0.109. The molecule has 0 unspecified atom stereocenters. The number of rotatable bonds is 7. The van der Waals surface area contributed by atoms with E-state index in [4.69, 9.17) is 9.47 Å². The van der Waals surface area contributed by atoms with Crippen LogP contribution in [0.3, 0.4) is 0 Å². The van der Waals surface area contributed by atoms with Crippen LogP contribution in [0.1, 0.15) is 5.82 Å². The first-order chi connectivity index (χ1) is 11.5. The van der Waals surface area contributed by atoms with Crippen LogP contribution in [0.2, 0.25) is 0 Å². The highest BCUT2D eigenvalue weighted by atomic mass is 16.5. The van der Waals surface area contributed by atoms with Gasteiger partial charge in [-0.25, -0.2) is 0 Å². The number of anilines is 1. The van der Waals surface area contributed by atoms with E-state index in [1.807, 2.05) is 0 Å². The first-order valence-electron chi connectivity index (χ1n) is 6.91. The Hall–Kier alpha value is -3.17. The van der Waals surface area contributed by atoms with Crippen LogP contribution >= 0.6 is 0 Å². The molecule has 1 heterocycles. The summed E-state index contributed by atoms with van der Waals surface area (Å²) in [5.74, 6) is 0.365. The van der Waals surface area contributed by atoms with Crippen molar-refractivity contribution in [2.45, 2.75) is 13.0 Å². The summed E-state index contributed by atoms with van der Waals surface area (Å²) in [5.41, 5.74) is 0.455. The van der Waals surface area contributed by atoms with Crippen LogP contribution in [-0.2, 0) is 27.3 Å². The van der Waals surface area contributed by atoms with Crippen molar-refractivity contribution in [3.8, 4) is 11.5 Å². The summed E-state index contributed by atoms with van der Waals surface area (Å²) < 4.78 is 14.8. The maximum absolute atomic E-state index is 12.1. The summed E-state index contributed by atoms with van der Waals surface area (Å²) in [7, 11) is 4.28. The van der Waals surface area contributed by atoms with E-state index in [9.17, 15) is 9.59 Å². The minimum Gasteiger partial charge on any atom is -0.497 e. The summed E-state index contributed by atoms with van der Waals surface area (Å²) in [6.07, 6.45) is -0.109. The third-order valence-electron chi connectivity index (χ3n) is 2.99. The Morgan fingerprint density at radius 1 is 1.21 bits per heavy atom. The molecule has 0 aliphatic rings. The quantitative estimate of drug-likeness (QED) is 0.705. The van der Waals surface area contributed by atoms with E-state index in [1.165, 1.54) is 21.3 Å². The molecular formula is C14H17N5O5. The second-order valence-electron chi connectivity index (χ2n) is 4.60. The predicted octanol–water partition coefficient (Wildman–Crippen LogP) is 0.0445. The molecule has 1 N–H and O–H groups in total. The van der Waals surface area contributed by atoms with E-state index in [1.54, 1.807) is 18.2 Å². The average Bonchev–Trinajstić information content (AvgIpc) is 3.01. The third kappa shape index (κ3) is 4.41. The van der Waals surface area contributed by atoms with Gasteiger partial charge in [0.25, 0.3) is 0 Å². The molecule has 1 amide bonds. The van der Waals surface area contributed by atoms with Crippen molar-refractivity contribution in [3.05, 3.63) is 24.0 Å². The van der Waals surface area contributed by atoms with Gasteiger partial charge in [0.1, 0.15) is 24.5 Å². The first-order valence-corrected chi connectivity index (χ1v) is 6.91. The van der Waals surface area contributed by atoms with Gasteiger partial charge in [-0.3, -0.25) is 9.59 Å². The summed E-state index contributed by atoms with van der Waals surface area (Å²) >= 11 is 0. The number of hydrogen-bond acceptors (Lipinski definition) is 8. The number of benzene rings is 1. The molecule has 24 heavy (non-hydrogen) atoms. The highest BCUT2D eigenvalue weighted by Crippen LogP contribution is 2.28. The number of hydrogen-bond donors (Lipinski definition) is 1. The van der Waals surface area contributed by atoms with Gasteiger partial charge in [-0.05, 0) is 17.3 Å². The number of ether oxygens (including phenoxy) is 3. The molecule has 2 aromatic rings. The smallest absolute Gasteiger partial charge is 0.313 e. The molecule has 2 rings (SSSR count). The van der Waals surface area contributed by atoms with Crippen molar-refractivity contribution in [2.75, 3.05) is 26.6 Å². The Kier molecular flexibility index (Phi) is 5.66. The molecule has 0 bridgehead atoms. The fourth-order valence-corrected chi connectivity index (χ4v) is 1.85. The Bertz CT molecular complexity index is 730. The molecule has 0 radical (unpaired) electrons. The number of aromatic nitrogens is 4. The van der Waals surface area contributed by atoms with Gasteiger partial charge >= 0.3 is 5.97 Å². The number of nitrogens with zero attached hydrogens (tertiary/aromatic N) is 4. The molecule has 1 aromatic carbocycles. The predicted molar refractivity (Wildman–Crippen MR) is 81.7 cm³/mol.